The Labute approximate surface area is 118 Å². The van der Waals surface area contributed by atoms with E-state index < -0.39 is 0 Å². The first-order valence-corrected chi connectivity index (χ1v) is 6.70. The van der Waals surface area contributed by atoms with Crippen molar-refractivity contribution in [1.82, 2.24) is 5.16 Å². The Bertz CT molecular complexity index is 717. The van der Waals surface area contributed by atoms with Crippen molar-refractivity contribution in [2.75, 3.05) is 5.73 Å². The minimum absolute atomic E-state index is 0.358. The van der Waals surface area contributed by atoms with Crippen molar-refractivity contribution in [3.8, 4) is 22.4 Å². The fourth-order valence-electron chi connectivity index (χ4n) is 2.43. The molecule has 0 saturated heterocycles. The highest BCUT2D eigenvalue weighted by atomic mass is 16.5. The van der Waals surface area contributed by atoms with Crippen LogP contribution in [0.25, 0.3) is 22.4 Å². The van der Waals surface area contributed by atoms with Gasteiger partial charge in [0, 0.05) is 5.56 Å². The lowest BCUT2D eigenvalue weighted by Crippen LogP contribution is -1.91. The van der Waals surface area contributed by atoms with Gasteiger partial charge in [-0.15, -0.1) is 0 Å². The van der Waals surface area contributed by atoms with Gasteiger partial charge in [0.1, 0.15) is 5.69 Å². The lowest BCUT2D eigenvalue weighted by Gasteiger charge is -2.07. The molecule has 0 aliphatic rings. The van der Waals surface area contributed by atoms with Gasteiger partial charge in [0.15, 0.2) is 0 Å². The molecule has 0 bridgehead atoms. The molecule has 0 spiro atoms. The average Bonchev–Trinajstić information content (AvgIpc) is 2.89. The van der Waals surface area contributed by atoms with Crippen LogP contribution in [0.15, 0.2) is 59.1 Å². The number of nitrogens with two attached hydrogens (primary N) is 1. The summed E-state index contributed by atoms with van der Waals surface area (Å²) in [7, 11) is 0. The van der Waals surface area contributed by atoms with E-state index in [0.717, 1.165) is 28.8 Å². The zero-order valence-corrected chi connectivity index (χ0v) is 11.3. The van der Waals surface area contributed by atoms with Crippen molar-refractivity contribution < 1.29 is 4.52 Å². The van der Waals surface area contributed by atoms with E-state index >= 15 is 0 Å². The normalized spacial score (nSPS) is 10.7. The molecule has 2 aromatic carbocycles. The highest BCUT2D eigenvalue weighted by Crippen LogP contribution is 2.37. The predicted molar refractivity (Wildman–Crippen MR) is 81.2 cm³/mol. The van der Waals surface area contributed by atoms with Crippen molar-refractivity contribution >= 4 is 5.88 Å². The minimum Gasteiger partial charge on any atom is -0.367 e. The second-order valence-corrected chi connectivity index (χ2v) is 4.65. The monoisotopic (exact) mass is 264 g/mol. The molecule has 0 unspecified atom stereocenters. The van der Waals surface area contributed by atoms with Crippen molar-refractivity contribution in [2.45, 2.75) is 13.3 Å². The number of aryl methyl sites for hydroxylation is 1. The van der Waals surface area contributed by atoms with Crippen LogP contribution in [0.2, 0.25) is 0 Å². The van der Waals surface area contributed by atoms with Gasteiger partial charge < -0.3 is 10.3 Å². The van der Waals surface area contributed by atoms with Gasteiger partial charge in [-0.2, -0.15) is 0 Å². The van der Waals surface area contributed by atoms with Gasteiger partial charge in [-0.25, -0.2) is 0 Å². The summed E-state index contributed by atoms with van der Waals surface area (Å²) in [6.07, 6.45) is 0.942. The maximum Gasteiger partial charge on any atom is 0.230 e. The van der Waals surface area contributed by atoms with Crippen LogP contribution in [0.1, 0.15) is 12.5 Å². The smallest absolute Gasteiger partial charge is 0.230 e. The van der Waals surface area contributed by atoms with E-state index in [-0.39, 0.29) is 0 Å². The van der Waals surface area contributed by atoms with Crippen LogP contribution in [-0.4, -0.2) is 5.16 Å². The molecule has 3 rings (SSSR count). The first kappa shape index (κ1) is 12.5. The zero-order valence-electron chi connectivity index (χ0n) is 11.3. The number of anilines is 1. The summed E-state index contributed by atoms with van der Waals surface area (Å²) in [5.41, 5.74) is 11.0. The van der Waals surface area contributed by atoms with Crippen molar-refractivity contribution in [3.05, 3.63) is 60.2 Å². The third kappa shape index (κ3) is 2.07. The molecule has 0 radical (unpaired) electrons. The van der Waals surface area contributed by atoms with Gasteiger partial charge in [-0.1, -0.05) is 66.7 Å². The number of nitrogens with zero attached hydrogens (tertiary/aromatic N) is 1. The molecule has 1 heterocycles. The van der Waals surface area contributed by atoms with E-state index in [2.05, 4.69) is 24.2 Å². The largest absolute Gasteiger partial charge is 0.367 e. The van der Waals surface area contributed by atoms with E-state index in [1.54, 1.807) is 0 Å². The third-order valence-electron chi connectivity index (χ3n) is 3.43. The molecule has 0 atom stereocenters. The Hall–Kier alpha value is -2.55. The summed E-state index contributed by atoms with van der Waals surface area (Å²) in [5, 5.41) is 4.17. The second kappa shape index (κ2) is 5.21. The van der Waals surface area contributed by atoms with Crippen LogP contribution >= 0.6 is 0 Å². The first-order chi connectivity index (χ1) is 9.81. The van der Waals surface area contributed by atoms with Crippen LogP contribution in [0.3, 0.4) is 0 Å². The highest BCUT2D eigenvalue weighted by Gasteiger charge is 2.18. The van der Waals surface area contributed by atoms with Crippen LogP contribution < -0.4 is 5.73 Å². The summed E-state index contributed by atoms with van der Waals surface area (Å²) in [6.45, 7) is 2.13. The van der Waals surface area contributed by atoms with E-state index in [4.69, 9.17) is 10.3 Å². The van der Waals surface area contributed by atoms with Crippen LogP contribution in [0.5, 0.6) is 0 Å². The van der Waals surface area contributed by atoms with Crippen LogP contribution in [0.4, 0.5) is 5.88 Å². The molecule has 0 aliphatic heterocycles. The molecular weight excluding hydrogens is 248 g/mol. The van der Waals surface area contributed by atoms with Crippen LogP contribution in [-0.2, 0) is 6.42 Å². The topological polar surface area (TPSA) is 52.0 Å². The molecule has 3 heteroatoms. The average molecular weight is 264 g/mol. The molecule has 1 aromatic heterocycles. The summed E-state index contributed by atoms with van der Waals surface area (Å²) < 4.78 is 5.23. The maximum absolute atomic E-state index is 5.97. The fraction of sp³-hybridized carbons (Fsp3) is 0.118. The molecule has 0 saturated carbocycles. The first-order valence-electron chi connectivity index (χ1n) is 6.70. The molecule has 3 nitrogen and oxygen atoms in total. The lowest BCUT2D eigenvalue weighted by atomic mass is 9.96. The highest BCUT2D eigenvalue weighted by molar-refractivity contribution is 5.87. The fourth-order valence-corrected chi connectivity index (χ4v) is 2.43. The Balaban J connectivity index is 2.22. The van der Waals surface area contributed by atoms with E-state index in [1.807, 2.05) is 42.5 Å². The summed E-state index contributed by atoms with van der Waals surface area (Å²) in [4.78, 5) is 0. The number of aromatic nitrogens is 1. The van der Waals surface area contributed by atoms with Crippen LogP contribution in [0, 0.1) is 0 Å². The number of benzene rings is 2. The van der Waals surface area contributed by atoms with Crippen molar-refractivity contribution in [1.29, 1.82) is 0 Å². The minimum atomic E-state index is 0.358. The Morgan fingerprint density at radius 2 is 1.70 bits per heavy atom. The molecular formula is C17H16N2O. The van der Waals surface area contributed by atoms with Crippen molar-refractivity contribution in [2.24, 2.45) is 0 Å². The van der Waals surface area contributed by atoms with Gasteiger partial charge >= 0.3 is 0 Å². The van der Waals surface area contributed by atoms with E-state index in [1.165, 1.54) is 5.56 Å². The lowest BCUT2D eigenvalue weighted by molar-refractivity contribution is 0.439. The second-order valence-electron chi connectivity index (χ2n) is 4.65. The number of hydrogen-bond acceptors (Lipinski definition) is 3. The van der Waals surface area contributed by atoms with Gasteiger partial charge in [-0.05, 0) is 17.5 Å². The molecule has 3 aromatic rings. The predicted octanol–water partition coefficient (Wildman–Crippen LogP) is 4.15. The van der Waals surface area contributed by atoms with Gasteiger partial charge in [0.05, 0.1) is 5.56 Å². The Morgan fingerprint density at radius 3 is 2.45 bits per heavy atom. The molecule has 0 amide bonds. The molecule has 0 fully saturated rings. The SMILES string of the molecule is CCc1ccccc1-c1noc(N)c1-c1ccccc1. The number of hydrogen-bond donors (Lipinski definition) is 1. The molecule has 100 valence electrons. The summed E-state index contributed by atoms with van der Waals surface area (Å²) in [5.74, 6) is 0.358. The van der Waals surface area contributed by atoms with E-state index in [9.17, 15) is 0 Å². The van der Waals surface area contributed by atoms with E-state index in [0.29, 0.717) is 5.88 Å². The zero-order chi connectivity index (χ0) is 13.9. The van der Waals surface area contributed by atoms with Gasteiger partial charge in [-0.3, -0.25) is 0 Å². The number of nitrogen functional groups attached to an aromatic ring is 1. The Morgan fingerprint density at radius 1 is 1.00 bits per heavy atom. The third-order valence-corrected chi connectivity index (χ3v) is 3.43. The maximum atomic E-state index is 5.97. The quantitative estimate of drug-likeness (QED) is 0.773. The summed E-state index contributed by atoms with van der Waals surface area (Å²) >= 11 is 0. The van der Waals surface area contributed by atoms with Gasteiger partial charge in [0.25, 0.3) is 0 Å². The molecule has 20 heavy (non-hydrogen) atoms. The standard InChI is InChI=1S/C17H16N2O/c1-2-12-8-6-7-11-14(12)16-15(17(18)20-19-16)13-9-4-3-5-10-13/h3-11H,2,18H2,1H3. The van der Waals surface area contributed by atoms with Gasteiger partial charge in [0.2, 0.25) is 5.88 Å². The number of rotatable bonds is 3. The molecule has 2 N–H and O–H groups in total. The Kier molecular flexibility index (Phi) is 3.25. The summed E-state index contributed by atoms with van der Waals surface area (Å²) in [6, 6.07) is 18.2. The molecule has 0 aliphatic carbocycles. The van der Waals surface area contributed by atoms with Crippen molar-refractivity contribution in [3.63, 3.8) is 0 Å².